The van der Waals surface area contributed by atoms with Gasteiger partial charge in [0, 0.05) is 11.6 Å². The van der Waals surface area contributed by atoms with Crippen molar-refractivity contribution in [2.24, 2.45) is 0 Å². The van der Waals surface area contributed by atoms with E-state index in [-0.39, 0.29) is 5.91 Å². The van der Waals surface area contributed by atoms with E-state index in [9.17, 15) is 4.79 Å². The second kappa shape index (κ2) is 9.73. The van der Waals surface area contributed by atoms with Gasteiger partial charge in [-0.2, -0.15) is 0 Å². The van der Waals surface area contributed by atoms with Crippen molar-refractivity contribution in [3.05, 3.63) is 95.8 Å². The Hall–Kier alpha value is -3.58. The number of thioether (sulfide) groups is 1. The molecule has 1 aliphatic rings. The maximum atomic E-state index is 13.7. The van der Waals surface area contributed by atoms with Gasteiger partial charge in [-0.05, 0) is 55.2 Å². The lowest BCUT2D eigenvalue weighted by Gasteiger charge is -2.19. The van der Waals surface area contributed by atoms with Crippen LogP contribution in [-0.4, -0.2) is 27.8 Å². The zero-order valence-corrected chi connectivity index (χ0v) is 20.0. The fourth-order valence-corrected chi connectivity index (χ4v) is 4.97. The molecule has 1 atom stereocenters. The summed E-state index contributed by atoms with van der Waals surface area (Å²) < 4.78 is 7.57. The largest absolute Gasteiger partial charge is 0.495 e. The van der Waals surface area contributed by atoms with Crippen LogP contribution in [0.1, 0.15) is 41.0 Å². The fourth-order valence-electron chi connectivity index (χ4n) is 3.91. The van der Waals surface area contributed by atoms with Crippen molar-refractivity contribution in [3.8, 4) is 11.4 Å². The van der Waals surface area contributed by atoms with E-state index >= 15 is 0 Å². The third-order valence-electron chi connectivity index (χ3n) is 5.79. The summed E-state index contributed by atoms with van der Waals surface area (Å²) in [6.07, 6.45) is 2.23. The Morgan fingerprint density at radius 3 is 2.41 bits per heavy atom. The van der Waals surface area contributed by atoms with E-state index in [0.29, 0.717) is 22.5 Å². The lowest BCUT2D eigenvalue weighted by molar-refractivity contribution is -0.115. The molecule has 5 rings (SSSR count). The van der Waals surface area contributed by atoms with E-state index < -0.39 is 5.25 Å². The molecule has 0 radical (unpaired) electrons. The smallest absolute Gasteiger partial charge is 0.242 e. The Bertz CT molecular complexity index is 1290. The number of nitrogens with zero attached hydrogens (tertiary/aromatic N) is 3. The molecule has 6 nitrogen and oxygen atoms in total. The third kappa shape index (κ3) is 4.70. The summed E-state index contributed by atoms with van der Waals surface area (Å²) in [5.74, 6) is 1.86. The number of aromatic nitrogens is 3. The first-order valence-electron chi connectivity index (χ1n) is 11.3. The van der Waals surface area contributed by atoms with Crippen LogP contribution in [0.25, 0.3) is 5.69 Å². The number of nitrogens with one attached hydrogen (secondary N) is 1. The first kappa shape index (κ1) is 22.2. The van der Waals surface area contributed by atoms with Crippen LogP contribution in [0.5, 0.6) is 5.75 Å². The highest BCUT2D eigenvalue weighted by molar-refractivity contribution is 8.00. The first-order valence-corrected chi connectivity index (χ1v) is 12.2. The van der Waals surface area contributed by atoms with Gasteiger partial charge in [-0.1, -0.05) is 66.4 Å². The minimum Gasteiger partial charge on any atom is -0.495 e. The molecular formula is C27H26N4O2S. The van der Waals surface area contributed by atoms with Crippen LogP contribution in [0.15, 0.2) is 84.0 Å². The molecule has 1 heterocycles. The summed E-state index contributed by atoms with van der Waals surface area (Å²) in [5.41, 5.74) is 3.59. The van der Waals surface area contributed by atoms with Gasteiger partial charge < -0.3 is 10.1 Å². The summed E-state index contributed by atoms with van der Waals surface area (Å²) in [7, 11) is 1.60. The second-order valence-corrected chi connectivity index (χ2v) is 9.46. The van der Waals surface area contributed by atoms with Crippen molar-refractivity contribution in [3.63, 3.8) is 0 Å². The van der Waals surface area contributed by atoms with Gasteiger partial charge in [-0.25, -0.2) is 0 Å². The molecule has 1 fully saturated rings. The average molecular weight is 471 g/mol. The van der Waals surface area contributed by atoms with Crippen molar-refractivity contribution in [2.75, 3.05) is 12.4 Å². The lowest BCUT2D eigenvalue weighted by atomic mass is 10.1. The van der Waals surface area contributed by atoms with Gasteiger partial charge in [0.1, 0.15) is 16.8 Å². The minimum absolute atomic E-state index is 0.143. The Kier molecular flexibility index (Phi) is 6.36. The molecule has 1 N–H and O–H groups in total. The van der Waals surface area contributed by atoms with E-state index in [1.54, 1.807) is 7.11 Å². The molecule has 1 amide bonds. The molecule has 3 aromatic carbocycles. The molecule has 7 heteroatoms. The topological polar surface area (TPSA) is 69.0 Å². The summed E-state index contributed by atoms with van der Waals surface area (Å²) in [5, 5.41) is 12.3. The van der Waals surface area contributed by atoms with Gasteiger partial charge >= 0.3 is 0 Å². The summed E-state index contributed by atoms with van der Waals surface area (Å²) in [6, 6.07) is 25.6. The molecule has 172 valence electrons. The zero-order valence-electron chi connectivity index (χ0n) is 19.1. The Morgan fingerprint density at radius 2 is 1.74 bits per heavy atom. The number of aryl methyl sites for hydroxylation is 1. The minimum atomic E-state index is -0.523. The highest BCUT2D eigenvalue weighted by Crippen LogP contribution is 2.43. The molecule has 4 aromatic rings. The van der Waals surface area contributed by atoms with Crippen molar-refractivity contribution in [1.82, 2.24) is 14.8 Å². The van der Waals surface area contributed by atoms with Gasteiger partial charge in [0.25, 0.3) is 0 Å². The van der Waals surface area contributed by atoms with Gasteiger partial charge in [-0.15, -0.1) is 10.2 Å². The van der Waals surface area contributed by atoms with Crippen molar-refractivity contribution >= 4 is 23.4 Å². The number of carbonyl (C=O) groups is 1. The van der Waals surface area contributed by atoms with Crippen LogP contribution in [0.3, 0.4) is 0 Å². The van der Waals surface area contributed by atoms with Crippen molar-refractivity contribution in [1.29, 1.82) is 0 Å². The lowest BCUT2D eigenvalue weighted by Crippen LogP contribution is -2.20. The van der Waals surface area contributed by atoms with E-state index in [0.717, 1.165) is 35.5 Å². The van der Waals surface area contributed by atoms with Crippen LogP contribution in [0.4, 0.5) is 5.69 Å². The molecule has 0 spiro atoms. The van der Waals surface area contributed by atoms with E-state index in [2.05, 4.69) is 32.2 Å². The molecule has 0 bridgehead atoms. The Morgan fingerprint density at radius 1 is 1.03 bits per heavy atom. The van der Waals surface area contributed by atoms with Crippen LogP contribution >= 0.6 is 11.8 Å². The normalized spacial score (nSPS) is 13.9. The number of para-hydroxylation sites is 1. The first-order chi connectivity index (χ1) is 16.6. The van der Waals surface area contributed by atoms with Crippen LogP contribution < -0.4 is 10.1 Å². The Labute approximate surface area is 203 Å². The summed E-state index contributed by atoms with van der Waals surface area (Å²) in [6.45, 7) is 1.99. The molecule has 1 aromatic heterocycles. The molecule has 1 unspecified atom stereocenters. The van der Waals surface area contributed by atoms with E-state index in [1.807, 2.05) is 73.7 Å². The zero-order chi connectivity index (χ0) is 23.5. The van der Waals surface area contributed by atoms with Crippen molar-refractivity contribution in [2.45, 2.75) is 36.1 Å². The average Bonchev–Trinajstić information content (AvgIpc) is 3.63. The van der Waals surface area contributed by atoms with Crippen LogP contribution in [-0.2, 0) is 4.79 Å². The molecule has 0 saturated heterocycles. The number of hydrogen-bond acceptors (Lipinski definition) is 5. The van der Waals surface area contributed by atoms with E-state index in [1.165, 1.54) is 11.8 Å². The van der Waals surface area contributed by atoms with Gasteiger partial charge in [0.05, 0.1) is 12.8 Å². The monoisotopic (exact) mass is 470 g/mol. The van der Waals surface area contributed by atoms with Crippen LogP contribution in [0, 0.1) is 6.92 Å². The number of amides is 1. The SMILES string of the molecule is COc1ccc(C)cc1NC(=O)C(Sc1nnc(C2CC2)n1-c1ccccc1)c1ccccc1. The number of rotatable bonds is 8. The number of methoxy groups -OCH3 is 1. The number of benzene rings is 3. The van der Waals surface area contributed by atoms with Gasteiger partial charge in [0.15, 0.2) is 5.16 Å². The number of ether oxygens (including phenoxy) is 1. The van der Waals surface area contributed by atoms with Gasteiger partial charge in [-0.3, -0.25) is 9.36 Å². The highest BCUT2D eigenvalue weighted by Gasteiger charge is 2.33. The molecule has 1 aliphatic carbocycles. The summed E-state index contributed by atoms with van der Waals surface area (Å²) >= 11 is 1.41. The molecule has 0 aliphatic heterocycles. The summed E-state index contributed by atoms with van der Waals surface area (Å²) in [4.78, 5) is 13.7. The molecule has 1 saturated carbocycles. The predicted octanol–water partition coefficient (Wildman–Crippen LogP) is 5.93. The number of anilines is 1. The third-order valence-corrected chi connectivity index (χ3v) is 6.99. The van der Waals surface area contributed by atoms with Gasteiger partial charge in [0.2, 0.25) is 5.91 Å². The second-order valence-electron chi connectivity index (χ2n) is 8.39. The number of hydrogen-bond donors (Lipinski definition) is 1. The maximum Gasteiger partial charge on any atom is 0.242 e. The number of carbonyl (C=O) groups excluding carboxylic acids is 1. The van der Waals surface area contributed by atoms with E-state index in [4.69, 9.17) is 4.74 Å². The van der Waals surface area contributed by atoms with Crippen molar-refractivity contribution < 1.29 is 9.53 Å². The maximum absolute atomic E-state index is 13.7. The molecular weight excluding hydrogens is 444 g/mol. The predicted molar refractivity (Wildman–Crippen MR) is 135 cm³/mol. The highest BCUT2D eigenvalue weighted by atomic mass is 32.2. The fraction of sp³-hybridized carbons (Fsp3) is 0.222. The van der Waals surface area contributed by atoms with Crippen LogP contribution in [0.2, 0.25) is 0 Å². The molecule has 34 heavy (non-hydrogen) atoms. The Balaban J connectivity index is 1.51. The quantitative estimate of drug-likeness (QED) is 0.323. The standard InChI is InChI=1S/C27H26N4O2S/c1-18-13-16-23(33-2)22(17-18)28-26(32)24(19-9-5-3-6-10-19)34-27-30-29-25(20-14-15-20)31(27)21-11-7-4-8-12-21/h3-13,16-17,20,24H,14-15H2,1-2H3,(H,28,32).